The van der Waals surface area contributed by atoms with Gasteiger partial charge in [-0.25, -0.2) is 4.98 Å². The van der Waals surface area contributed by atoms with Gasteiger partial charge in [-0.1, -0.05) is 6.07 Å². The molecule has 94 valence electrons. The standard InChI is InChI=1S/C14H17N3O/c18-14-7-3-4-8-16(14)9-10-17-11-15-12-5-1-2-6-13(12)17/h3-4,7-8,11H,1-2,5-6,9-10H2. The third-order valence-corrected chi connectivity index (χ3v) is 3.59. The molecule has 0 unspecified atom stereocenters. The van der Waals surface area contributed by atoms with E-state index in [1.165, 1.54) is 24.2 Å². The second kappa shape index (κ2) is 4.80. The van der Waals surface area contributed by atoms with Crippen molar-refractivity contribution in [1.29, 1.82) is 0 Å². The van der Waals surface area contributed by atoms with E-state index < -0.39 is 0 Å². The Morgan fingerprint density at radius 2 is 1.94 bits per heavy atom. The Labute approximate surface area is 106 Å². The topological polar surface area (TPSA) is 39.8 Å². The summed E-state index contributed by atoms with van der Waals surface area (Å²) in [6.45, 7) is 1.54. The summed E-state index contributed by atoms with van der Waals surface area (Å²) < 4.78 is 3.95. The van der Waals surface area contributed by atoms with Crippen molar-refractivity contribution in [3.8, 4) is 0 Å². The molecule has 0 saturated heterocycles. The Bertz CT molecular complexity index is 597. The van der Waals surface area contributed by atoms with Crippen molar-refractivity contribution in [3.63, 3.8) is 0 Å². The van der Waals surface area contributed by atoms with Gasteiger partial charge < -0.3 is 9.13 Å². The van der Waals surface area contributed by atoms with Crippen LogP contribution in [-0.4, -0.2) is 14.1 Å². The van der Waals surface area contributed by atoms with Crippen molar-refractivity contribution >= 4 is 0 Å². The summed E-state index contributed by atoms with van der Waals surface area (Å²) in [4.78, 5) is 16.1. The van der Waals surface area contributed by atoms with Gasteiger partial charge in [-0.2, -0.15) is 0 Å². The van der Waals surface area contributed by atoms with Gasteiger partial charge in [0, 0.05) is 31.0 Å². The molecule has 0 spiro atoms. The van der Waals surface area contributed by atoms with E-state index in [0.717, 1.165) is 19.4 Å². The van der Waals surface area contributed by atoms with Crippen molar-refractivity contribution in [2.24, 2.45) is 0 Å². The van der Waals surface area contributed by atoms with Gasteiger partial charge in [0.2, 0.25) is 0 Å². The number of hydrogen-bond acceptors (Lipinski definition) is 2. The summed E-state index contributed by atoms with van der Waals surface area (Å²) in [5, 5.41) is 0. The minimum absolute atomic E-state index is 0.0616. The molecule has 0 fully saturated rings. The lowest BCUT2D eigenvalue weighted by Gasteiger charge is -2.14. The molecular formula is C14H17N3O. The van der Waals surface area contributed by atoms with E-state index in [1.807, 2.05) is 18.6 Å². The first-order chi connectivity index (χ1) is 8.84. The number of hydrogen-bond donors (Lipinski definition) is 0. The molecule has 0 radical (unpaired) electrons. The molecule has 4 heteroatoms. The van der Waals surface area contributed by atoms with Crippen molar-refractivity contribution in [1.82, 2.24) is 14.1 Å². The third kappa shape index (κ3) is 2.10. The van der Waals surface area contributed by atoms with Gasteiger partial charge in [0.05, 0.1) is 12.0 Å². The molecule has 0 aliphatic heterocycles. The first-order valence-corrected chi connectivity index (χ1v) is 6.53. The van der Waals surface area contributed by atoms with E-state index in [-0.39, 0.29) is 5.56 Å². The van der Waals surface area contributed by atoms with Gasteiger partial charge in [0.25, 0.3) is 5.56 Å². The van der Waals surface area contributed by atoms with Crippen LogP contribution in [0.3, 0.4) is 0 Å². The Kier molecular flexibility index (Phi) is 3.00. The van der Waals surface area contributed by atoms with Crippen LogP contribution in [0.2, 0.25) is 0 Å². The lowest BCUT2D eigenvalue weighted by atomic mass is 10.0. The maximum absolute atomic E-state index is 11.6. The molecule has 2 aromatic heterocycles. The fraction of sp³-hybridized carbons (Fsp3) is 0.429. The van der Waals surface area contributed by atoms with Crippen LogP contribution in [0.4, 0.5) is 0 Å². The monoisotopic (exact) mass is 243 g/mol. The Hall–Kier alpha value is -1.84. The van der Waals surface area contributed by atoms with Crippen LogP contribution < -0.4 is 5.56 Å². The molecule has 0 bridgehead atoms. The fourth-order valence-electron chi connectivity index (χ4n) is 2.58. The molecule has 4 nitrogen and oxygen atoms in total. The zero-order valence-corrected chi connectivity index (χ0v) is 10.4. The van der Waals surface area contributed by atoms with Crippen molar-refractivity contribution in [3.05, 3.63) is 52.5 Å². The molecule has 3 rings (SSSR count). The molecule has 1 aliphatic carbocycles. The van der Waals surface area contributed by atoms with E-state index in [0.29, 0.717) is 6.54 Å². The zero-order valence-electron chi connectivity index (χ0n) is 10.4. The van der Waals surface area contributed by atoms with E-state index in [1.54, 1.807) is 16.7 Å². The SMILES string of the molecule is O=c1ccccn1CCn1cnc2c1CCCC2. The minimum Gasteiger partial charge on any atom is -0.333 e. The highest BCUT2D eigenvalue weighted by Gasteiger charge is 2.14. The van der Waals surface area contributed by atoms with Crippen molar-refractivity contribution in [2.75, 3.05) is 0 Å². The van der Waals surface area contributed by atoms with Gasteiger partial charge in [-0.3, -0.25) is 4.79 Å². The Balaban J connectivity index is 1.76. The molecule has 0 aromatic carbocycles. The van der Waals surface area contributed by atoms with Gasteiger partial charge in [0.1, 0.15) is 0 Å². The highest BCUT2D eigenvalue weighted by Crippen LogP contribution is 2.19. The summed E-state index contributed by atoms with van der Waals surface area (Å²) in [6, 6.07) is 5.27. The average molecular weight is 243 g/mol. The van der Waals surface area contributed by atoms with Crippen molar-refractivity contribution < 1.29 is 0 Å². The summed E-state index contributed by atoms with van der Waals surface area (Å²) in [6.07, 6.45) is 8.49. The second-order valence-corrected chi connectivity index (χ2v) is 4.77. The molecule has 2 heterocycles. The smallest absolute Gasteiger partial charge is 0.250 e. The number of rotatable bonds is 3. The van der Waals surface area contributed by atoms with E-state index in [4.69, 9.17) is 0 Å². The molecule has 0 atom stereocenters. The van der Waals surface area contributed by atoms with Crippen LogP contribution in [0.1, 0.15) is 24.2 Å². The lowest BCUT2D eigenvalue weighted by Crippen LogP contribution is -2.21. The molecule has 0 N–H and O–H groups in total. The second-order valence-electron chi connectivity index (χ2n) is 4.77. The van der Waals surface area contributed by atoms with E-state index in [9.17, 15) is 4.79 Å². The normalized spacial score (nSPS) is 14.4. The minimum atomic E-state index is 0.0616. The molecule has 18 heavy (non-hydrogen) atoms. The van der Waals surface area contributed by atoms with Crippen LogP contribution in [-0.2, 0) is 25.9 Å². The maximum atomic E-state index is 11.6. The highest BCUT2D eigenvalue weighted by molar-refractivity contribution is 5.16. The quantitative estimate of drug-likeness (QED) is 0.822. The largest absolute Gasteiger partial charge is 0.333 e. The predicted octanol–water partition coefficient (Wildman–Crippen LogP) is 1.62. The summed E-state index contributed by atoms with van der Waals surface area (Å²) in [5.74, 6) is 0. The number of aryl methyl sites for hydroxylation is 3. The molecular weight excluding hydrogens is 226 g/mol. The van der Waals surface area contributed by atoms with E-state index in [2.05, 4.69) is 9.55 Å². The predicted molar refractivity (Wildman–Crippen MR) is 69.6 cm³/mol. The van der Waals surface area contributed by atoms with Gasteiger partial charge in [-0.05, 0) is 31.7 Å². The Morgan fingerprint density at radius 1 is 1.11 bits per heavy atom. The maximum Gasteiger partial charge on any atom is 0.250 e. The number of nitrogens with zero attached hydrogens (tertiary/aromatic N) is 3. The Morgan fingerprint density at radius 3 is 2.83 bits per heavy atom. The van der Waals surface area contributed by atoms with Crippen LogP contribution in [0.15, 0.2) is 35.5 Å². The number of aromatic nitrogens is 3. The van der Waals surface area contributed by atoms with Gasteiger partial charge in [0.15, 0.2) is 0 Å². The number of imidazole rings is 1. The van der Waals surface area contributed by atoms with Gasteiger partial charge >= 0.3 is 0 Å². The zero-order chi connectivity index (χ0) is 12.4. The van der Waals surface area contributed by atoms with Crippen LogP contribution in [0.5, 0.6) is 0 Å². The van der Waals surface area contributed by atoms with Crippen LogP contribution in [0, 0.1) is 0 Å². The molecule has 0 amide bonds. The van der Waals surface area contributed by atoms with Crippen LogP contribution in [0.25, 0.3) is 0 Å². The average Bonchev–Trinajstić information content (AvgIpc) is 2.81. The summed E-state index contributed by atoms with van der Waals surface area (Å²) in [7, 11) is 0. The van der Waals surface area contributed by atoms with Crippen LogP contribution >= 0.6 is 0 Å². The highest BCUT2D eigenvalue weighted by atomic mass is 16.1. The first-order valence-electron chi connectivity index (χ1n) is 6.53. The van der Waals surface area contributed by atoms with E-state index >= 15 is 0 Å². The van der Waals surface area contributed by atoms with Gasteiger partial charge in [-0.15, -0.1) is 0 Å². The molecule has 0 saturated carbocycles. The first kappa shape index (κ1) is 11.3. The number of fused-ring (bicyclic) bond motifs is 1. The summed E-state index contributed by atoms with van der Waals surface area (Å²) >= 11 is 0. The molecule has 1 aliphatic rings. The third-order valence-electron chi connectivity index (χ3n) is 3.59. The molecule has 2 aromatic rings. The lowest BCUT2D eigenvalue weighted by molar-refractivity contribution is 0.536. The number of pyridine rings is 1. The van der Waals surface area contributed by atoms with Crippen molar-refractivity contribution in [2.45, 2.75) is 38.8 Å². The fourth-order valence-corrected chi connectivity index (χ4v) is 2.58. The summed E-state index contributed by atoms with van der Waals surface area (Å²) in [5.41, 5.74) is 2.68.